The predicted octanol–water partition coefficient (Wildman–Crippen LogP) is 3.03. The van der Waals surface area contributed by atoms with Crippen LogP contribution in [0.4, 0.5) is 15.8 Å². The van der Waals surface area contributed by atoms with Gasteiger partial charge in [-0.1, -0.05) is 0 Å². The average Bonchev–Trinajstić information content (AvgIpc) is 2.66. The Balaban J connectivity index is 1.90. The molecule has 0 amide bonds. The van der Waals surface area contributed by atoms with Crippen LogP contribution in [-0.2, 0) is 9.47 Å². The minimum Gasteiger partial charge on any atom is -0.490 e. The van der Waals surface area contributed by atoms with Crippen molar-refractivity contribution in [1.29, 1.82) is 0 Å². The number of halogens is 1. The number of benzene rings is 2. The fraction of sp³-hybridized carbons (Fsp3) is 0.278. The largest absolute Gasteiger partial charge is 0.490 e. The van der Waals surface area contributed by atoms with E-state index in [1.54, 1.807) is 0 Å². The predicted molar refractivity (Wildman–Crippen MR) is 95.6 cm³/mol. The van der Waals surface area contributed by atoms with E-state index < -0.39 is 10.9 Å². The molecule has 2 rings (SSSR count). The van der Waals surface area contributed by atoms with Gasteiger partial charge < -0.3 is 19.5 Å². The van der Waals surface area contributed by atoms with E-state index in [9.17, 15) is 19.3 Å². The minimum atomic E-state index is -0.704. The highest BCUT2D eigenvalue weighted by atomic mass is 19.1. The van der Waals surface area contributed by atoms with Crippen molar-refractivity contribution >= 4 is 17.3 Å². The molecule has 27 heavy (non-hydrogen) atoms. The van der Waals surface area contributed by atoms with Crippen molar-refractivity contribution in [3.8, 4) is 5.75 Å². The lowest BCUT2D eigenvalue weighted by atomic mass is 10.1. The Bertz CT molecular complexity index is 782. The van der Waals surface area contributed by atoms with Crippen LogP contribution in [0.15, 0.2) is 42.5 Å². The molecule has 2 aromatic rings. The number of carbonyl (C=O) groups excluding carboxylic acids is 1. The maximum atomic E-state index is 12.8. The van der Waals surface area contributed by atoms with Gasteiger partial charge in [-0.15, -0.1) is 0 Å². The molecule has 0 saturated carbocycles. The lowest BCUT2D eigenvalue weighted by Gasteiger charge is -2.09. The Morgan fingerprint density at radius 3 is 2.56 bits per heavy atom. The van der Waals surface area contributed by atoms with Crippen LogP contribution in [0.25, 0.3) is 0 Å². The third kappa shape index (κ3) is 6.23. The topological polar surface area (TPSA) is 99.9 Å². The lowest BCUT2D eigenvalue weighted by Crippen LogP contribution is -2.13. The zero-order chi connectivity index (χ0) is 19.6. The van der Waals surface area contributed by atoms with Crippen molar-refractivity contribution in [3.05, 3.63) is 64.0 Å². The number of hydrogen-bond donors (Lipinski definition) is 1. The van der Waals surface area contributed by atoms with E-state index in [0.717, 1.165) is 6.07 Å². The van der Waals surface area contributed by atoms with E-state index in [0.29, 0.717) is 18.9 Å². The quantitative estimate of drug-likeness (QED) is 0.293. The monoisotopic (exact) mass is 378 g/mol. The van der Waals surface area contributed by atoms with Gasteiger partial charge in [-0.25, -0.2) is 9.18 Å². The summed E-state index contributed by atoms with van der Waals surface area (Å²) in [5.41, 5.74) is 0.108. The van der Waals surface area contributed by atoms with Gasteiger partial charge in [-0.2, -0.15) is 0 Å². The number of nitro groups is 1. The molecule has 0 saturated heterocycles. The highest BCUT2D eigenvalue weighted by Crippen LogP contribution is 2.25. The first-order chi connectivity index (χ1) is 13.0. The first kappa shape index (κ1) is 20.1. The van der Waals surface area contributed by atoms with E-state index in [-0.39, 0.29) is 36.0 Å². The van der Waals surface area contributed by atoms with E-state index in [1.807, 2.05) is 0 Å². The van der Waals surface area contributed by atoms with E-state index >= 15 is 0 Å². The molecule has 144 valence electrons. The summed E-state index contributed by atoms with van der Waals surface area (Å²) in [7, 11) is 1.52. The maximum Gasteiger partial charge on any atom is 0.338 e. The number of nitrogens with one attached hydrogen (secondary N) is 1. The summed E-state index contributed by atoms with van der Waals surface area (Å²) in [6, 6.07) is 9.44. The summed E-state index contributed by atoms with van der Waals surface area (Å²) < 4.78 is 28.0. The van der Waals surface area contributed by atoms with Crippen LogP contribution in [0.1, 0.15) is 10.4 Å². The normalized spacial score (nSPS) is 10.3. The van der Waals surface area contributed by atoms with Crippen LogP contribution >= 0.6 is 0 Å². The van der Waals surface area contributed by atoms with E-state index in [2.05, 4.69) is 5.32 Å². The van der Waals surface area contributed by atoms with E-state index in [1.165, 1.54) is 43.5 Å². The number of esters is 1. The fourth-order valence-corrected chi connectivity index (χ4v) is 2.15. The van der Waals surface area contributed by atoms with Gasteiger partial charge in [0.25, 0.3) is 5.69 Å². The van der Waals surface area contributed by atoms with Gasteiger partial charge in [0.15, 0.2) is 0 Å². The van der Waals surface area contributed by atoms with Crippen LogP contribution in [0.5, 0.6) is 5.75 Å². The van der Waals surface area contributed by atoms with Crippen LogP contribution in [-0.4, -0.2) is 44.4 Å². The van der Waals surface area contributed by atoms with Crippen LogP contribution in [0, 0.1) is 15.9 Å². The highest BCUT2D eigenvalue weighted by Gasteiger charge is 2.18. The van der Waals surface area contributed by atoms with Gasteiger partial charge in [0.2, 0.25) is 0 Å². The molecular formula is C18H19FN2O6. The second kappa shape index (κ2) is 10.1. The molecule has 0 atom stereocenters. The summed E-state index contributed by atoms with van der Waals surface area (Å²) in [5.74, 6) is -0.644. The van der Waals surface area contributed by atoms with Crippen molar-refractivity contribution in [1.82, 2.24) is 0 Å². The van der Waals surface area contributed by atoms with Crippen LogP contribution in [0.2, 0.25) is 0 Å². The minimum absolute atomic E-state index is 0.0563. The summed E-state index contributed by atoms with van der Waals surface area (Å²) in [6.07, 6.45) is 0. The first-order valence-corrected chi connectivity index (χ1v) is 8.08. The molecule has 1 N–H and O–H groups in total. The molecule has 0 unspecified atom stereocenters. The van der Waals surface area contributed by atoms with E-state index in [4.69, 9.17) is 14.2 Å². The molecule has 0 radical (unpaired) electrons. The average molecular weight is 378 g/mol. The third-order valence-electron chi connectivity index (χ3n) is 3.45. The van der Waals surface area contributed by atoms with Crippen molar-refractivity contribution < 1.29 is 28.3 Å². The Morgan fingerprint density at radius 2 is 1.89 bits per heavy atom. The SMILES string of the molecule is COCCNc1ccc(C(=O)OCCOc2ccc(F)cc2)cc1[N+](=O)[O-]. The van der Waals surface area contributed by atoms with Gasteiger partial charge in [-0.05, 0) is 36.4 Å². The molecule has 0 spiro atoms. The standard InChI is InChI=1S/C18H19FN2O6/c1-25-9-8-20-16-7-2-13(12-17(16)21(23)24)18(22)27-11-10-26-15-5-3-14(19)4-6-15/h2-7,12,20H,8-11H2,1H3. The maximum absolute atomic E-state index is 12.8. The number of carbonyl (C=O) groups is 1. The summed E-state index contributed by atoms with van der Waals surface area (Å²) in [4.78, 5) is 22.7. The van der Waals surface area contributed by atoms with Gasteiger partial charge in [-0.3, -0.25) is 10.1 Å². The zero-order valence-electron chi connectivity index (χ0n) is 14.6. The molecule has 0 aliphatic rings. The molecular weight excluding hydrogens is 359 g/mol. The number of ether oxygens (including phenoxy) is 3. The summed E-state index contributed by atoms with van der Waals surface area (Å²) in [6.45, 7) is 0.783. The number of anilines is 1. The third-order valence-corrected chi connectivity index (χ3v) is 3.45. The second-order valence-corrected chi connectivity index (χ2v) is 5.35. The van der Waals surface area contributed by atoms with Crippen LogP contribution in [0.3, 0.4) is 0 Å². The smallest absolute Gasteiger partial charge is 0.338 e. The van der Waals surface area contributed by atoms with Gasteiger partial charge in [0, 0.05) is 19.7 Å². The molecule has 9 heteroatoms. The Kier molecular flexibility index (Phi) is 7.50. The number of nitro benzene ring substituents is 1. The highest BCUT2D eigenvalue weighted by molar-refractivity contribution is 5.91. The Hall–Kier alpha value is -3.20. The number of methoxy groups -OCH3 is 1. The number of nitrogens with zero attached hydrogens (tertiary/aromatic N) is 1. The lowest BCUT2D eigenvalue weighted by molar-refractivity contribution is -0.384. The zero-order valence-corrected chi connectivity index (χ0v) is 14.6. The Labute approximate surface area is 155 Å². The van der Waals surface area contributed by atoms with Crippen molar-refractivity contribution in [2.75, 3.05) is 38.8 Å². The molecule has 0 aliphatic carbocycles. The van der Waals surface area contributed by atoms with Crippen molar-refractivity contribution in [2.45, 2.75) is 0 Å². The van der Waals surface area contributed by atoms with Gasteiger partial charge in [0.1, 0.15) is 30.5 Å². The van der Waals surface area contributed by atoms with Gasteiger partial charge in [0.05, 0.1) is 17.1 Å². The summed E-state index contributed by atoms with van der Waals surface area (Å²) >= 11 is 0. The fourth-order valence-electron chi connectivity index (χ4n) is 2.15. The molecule has 0 fully saturated rings. The first-order valence-electron chi connectivity index (χ1n) is 8.08. The molecule has 2 aromatic carbocycles. The number of hydrogen-bond acceptors (Lipinski definition) is 7. The molecule has 0 heterocycles. The molecule has 0 aromatic heterocycles. The molecule has 0 aliphatic heterocycles. The second-order valence-electron chi connectivity index (χ2n) is 5.35. The molecule has 0 bridgehead atoms. The van der Waals surface area contributed by atoms with Crippen molar-refractivity contribution in [2.24, 2.45) is 0 Å². The molecule has 8 nitrogen and oxygen atoms in total. The Morgan fingerprint density at radius 1 is 1.15 bits per heavy atom. The number of rotatable bonds is 10. The van der Waals surface area contributed by atoms with Gasteiger partial charge >= 0.3 is 5.97 Å². The van der Waals surface area contributed by atoms with Crippen LogP contribution < -0.4 is 10.1 Å². The van der Waals surface area contributed by atoms with Crippen molar-refractivity contribution in [3.63, 3.8) is 0 Å². The summed E-state index contributed by atoms with van der Waals surface area (Å²) in [5, 5.41) is 14.1.